The smallest absolute Gasteiger partial charge is 0.147 e. The Morgan fingerprint density at radius 1 is 1.57 bits per heavy atom. The van der Waals surface area contributed by atoms with Crippen molar-refractivity contribution in [1.82, 2.24) is 9.97 Å². The Labute approximate surface area is 83.7 Å². The lowest BCUT2D eigenvalue weighted by Crippen LogP contribution is -2.20. The largest absolute Gasteiger partial charge is 0.382 e. The van der Waals surface area contributed by atoms with Gasteiger partial charge in [-0.15, -0.1) is 0 Å². The van der Waals surface area contributed by atoms with Gasteiger partial charge in [0, 0.05) is 13.2 Å². The number of anilines is 2. The number of nitrogens with two attached hydrogens (primary N) is 1. The zero-order valence-electron chi connectivity index (χ0n) is 8.53. The Morgan fingerprint density at radius 2 is 2.36 bits per heavy atom. The second kappa shape index (κ2) is 5.39. The highest BCUT2D eigenvalue weighted by atomic mass is 16.5. The molecule has 0 saturated heterocycles. The van der Waals surface area contributed by atoms with E-state index in [0.717, 1.165) is 0 Å². The summed E-state index contributed by atoms with van der Waals surface area (Å²) in [6, 6.07) is 0. The Balaban J connectivity index is 2.37. The van der Waals surface area contributed by atoms with Gasteiger partial charge in [0.15, 0.2) is 0 Å². The molecule has 78 valence electrons. The third kappa shape index (κ3) is 3.57. The van der Waals surface area contributed by atoms with E-state index in [0.29, 0.717) is 24.8 Å². The van der Waals surface area contributed by atoms with E-state index < -0.39 is 0 Å². The molecule has 0 spiro atoms. The molecule has 1 aromatic rings. The highest BCUT2D eigenvalue weighted by molar-refractivity contribution is 5.38. The summed E-state index contributed by atoms with van der Waals surface area (Å²) in [6.07, 6.45) is 3.30. The first-order chi connectivity index (χ1) is 6.72. The summed E-state index contributed by atoms with van der Waals surface area (Å²) in [4.78, 5) is 7.97. The van der Waals surface area contributed by atoms with Gasteiger partial charge in [0.25, 0.3) is 0 Å². The minimum atomic E-state index is 0.156. The van der Waals surface area contributed by atoms with Crippen LogP contribution >= 0.6 is 0 Å². The van der Waals surface area contributed by atoms with Crippen LogP contribution in [0.15, 0.2) is 12.4 Å². The molecule has 14 heavy (non-hydrogen) atoms. The van der Waals surface area contributed by atoms with Gasteiger partial charge < -0.3 is 15.8 Å². The van der Waals surface area contributed by atoms with E-state index in [9.17, 15) is 0 Å². The standard InChI is InChI=1S/C9H16N4O/c1-3-14-7(2)4-12-9-6-11-5-8(10)13-9/h5-7H,3-4H2,1-2H3,(H3,10,12,13). The molecule has 1 aromatic heterocycles. The van der Waals surface area contributed by atoms with E-state index in [1.165, 1.54) is 6.20 Å². The molecule has 0 fully saturated rings. The molecule has 1 unspecified atom stereocenters. The summed E-state index contributed by atoms with van der Waals surface area (Å²) in [7, 11) is 0. The van der Waals surface area contributed by atoms with Crippen molar-refractivity contribution in [3.63, 3.8) is 0 Å². The summed E-state index contributed by atoms with van der Waals surface area (Å²) >= 11 is 0. The number of nitrogens with zero attached hydrogens (tertiary/aromatic N) is 2. The first-order valence-corrected chi connectivity index (χ1v) is 4.65. The van der Waals surface area contributed by atoms with Crippen LogP contribution in [0.25, 0.3) is 0 Å². The van der Waals surface area contributed by atoms with Gasteiger partial charge in [-0.2, -0.15) is 0 Å². The number of rotatable bonds is 5. The van der Waals surface area contributed by atoms with Crippen LogP contribution in [-0.2, 0) is 4.74 Å². The van der Waals surface area contributed by atoms with E-state index >= 15 is 0 Å². The van der Waals surface area contributed by atoms with Crippen molar-refractivity contribution in [3.05, 3.63) is 12.4 Å². The van der Waals surface area contributed by atoms with E-state index in [4.69, 9.17) is 10.5 Å². The second-order valence-corrected chi connectivity index (χ2v) is 2.98. The van der Waals surface area contributed by atoms with Crippen LogP contribution < -0.4 is 11.1 Å². The first-order valence-electron chi connectivity index (χ1n) is 4.65. The molecule has 0 aliphatic carbocycles. The highest BCUT2D eigenvalue weighted by Crippen LogP contribution is 2.03. The lowest BCUT2D eigenvalue weighted by molar-refractivity contribution is 0.0855. The van der Waals surface area contributed by atoms with Gasteiger partial charge >= 0.3 is 0 Å². The van der Waals surface area contributed by atoms with E-state index in [-0.39, 0.29) is 6.10 Å². The molecule has 5 nitrogen and oxygen atoms in total. The van der Waals surface area contributed by atoms with Crippen molar-refractivity contribution in [2.24, 2.45) is 0 Å². The molecular weight excluding hydrogens is 180 g/mol. The van der Waals surface area contributed by atoms with Crippen molar-refractivity contribution in [2.45, 2.75) is 20.0 Å². The maximum Gasteiger partial charge on any atom is 0.147 e. The number of ether oxygens (including phenoxy) is 1. The Kier molecular flexibility index (Phi) is 4.12. The Hall–Kier alpha value is -1.36. The SMILES string of the molecule is CCOC(C)CNc1cncc(N)n1. The zero-order valence-corrected chi connectivity index (χ0v) is 8.53. The fourth-order valence-corrected chi connectivity index (χ4v) is 1.06. The van der Waals surface area contributed by atoms with Gasteiger partial charge in [-0.1, -0.05) is 0 Å². The van der Waals surface area contributed by atoms with Gasteiger partial charge in [-0.25, -0.2) is 4.98 Å². The lowest BCUT2D eigenvalue weighted by Gasteiger charge is -2.12. The minimum absolute atomic E-state index is 0.156. The fraction of sp³-hybridized carbons (Fsp3) is 0.556. The molecule has 1 atom stereocenters. The highest BCUT2D eigenvalue weighted by Gasteiger charge is 2.01. The van der Waals surface area contributed by atoms with Crippen LogP contribution in [0.2, 0.25) is 0 Å². The van der Waals surface area contributed by atoms with Crippen LogP contribution in [0.5, 0.6) is 0 Å². The molecule has 0 saturated carbocycles. The molecule has 1 rings (SSSR count). The predicted octanol–water partition coefficient (Wildman–Crippen LogP) is 0.896. The average Bonchev–Trinajstić information content (AvgIpc) is 2.15. The molecule has 1 heterocycles. The summed E-state index contributed by atoms with van der Waals surface area (Å²) in [6.45, 7) is 5.38. The van der Waals surface area contributed by atoms with Gasteiger partial charge in [0.1, 0.15) is 11.6 Å². The van der Waals surface area contributed by atoms with Gasteiger partial charge in [0.05, 0.1) is 18.5 Å². The molecule has 0 aliphatic rings. The zero-order chi connectivity index (χ0) is 10.4. The number of hydrogen-bond acceptors (Lipinski definition) is 5. The normalized spacial score (nSPS) is 12.4. The number of nitrogens with one attached hydrogen (secondary N) is 1. The maximum absolute atomic E-state index is 5.48. The lowest BCUT2D eigenvalue weighted by atomic mass is 10.4. The van der Waals surface area contributed by atoms with Gasteiger partial charge in [0.2, 0.25) is 0 Å². The number of hydrogen-bond donors (Lipinski definition) is 2. The van der Waals surface area contributed by atoms with Crippen LogP contribution in [0.1, 0.15) is 13.8 Å². The van der Waals surface area contributed by atoms with E-state index in [1.54, 1.807) is 6.20 Å². The molecule has 0 bridgehead atoms. The van der Waals surface area contributed by atoms with Crippen molar-refractivity contribution >= 4 is 11.6 Å². The summed E-state index contributed by atoms with van der Waals surface area (Å²) in [5.41, 5.74) is 5.48. The van der Waals surface area contributed by atoms with Gasteiger partial charge in [-0.3, -0.25) is 4.98 Å². The van der Waals surface area contributed by atoms with Crippen molar-refractivity contribution < 1.29 is 4.74 Å². The van der Waals surface area contributed by atoms with Gasteiger partial charge in [-0.05, 0) is 13.8 Å². The van der Waals surface area contributed by atoms with Crippen LogP contribution in [-0.4, -0.2) is 29.2 Å². The van der Waals surface area contributed by atoms with Crippen molar-refractivity contribution in [2.75, 3.05) is 24.2 Å². The van der Waals surface area contributed by atoms with Crippen molar-refractivity contribution in [1.29, 1.82) is 0 Å². The third-order valence-electron chi connectivity index (χ3n) is 1.68. The fourth-order valence-electron chi connectivity index (χ4n) is 1.06. The van der Waals surface area contributed by atoms with Crippen LogP contribution in [0.3, 0.4) is 0 Å². The summed E-state index contributed by atoms with van der Waals surface area (Å²) < 4.78 is 5.35. The topological polar surface area (TPSA) is 73.1 Å². The number of nitrogen functional groups attached to an aromatic ring is 1. The maximum atomic E-state index is 5.48. The Morgan fingerprint density at radius 3 is 3.00 bits per heavy atom. The summed E-state index contributed by atoms with van der Waals surface area (Å²) in [5.74, 6) is 1.09. The molecule has 0 aromatic carbocycles. The molecule has 3 N–H and O–H groups in total. The molecule has 0 amide bonds. The molecule has 0 radical (unpaired) electrons. The molecule has 0 aliphatic heterocycles. The Bertz CT molecular complexity index is 279. The summed E-state index contributed by atoms with van der Waals surface area (Å²) in [5, 5.41) is 3.09. The number of aromatic nitrogens is 2. The van der Waals surface area contributed by atoms with Crippen LogP contribution in [0.4, 0.5) is 11.6 Å². The first kappa shape index (κ1) is 10.7. The second-order valence-electron chi connectivity index (χ2n) is 2.98. The third-order valence-corrected chi connectivity index (χ3v) is 1.68. The van der Waals surface area contributed by atoms with E-state index in [1.807, 2.05) is 13.8 Å². The van der Waals surface area contributed by atoms with E-state index in [2.05, 4.69) is 15.3 Å². The quantitative estimate of drug-likeness (QED) is 0.731. The molecular formula is C9H16N4O. The van der Waals surface area contributed by atoms with Crippen LogP contribution in [0, 0.1) is 0 Å². The minimum Gasteiger partial charge on any atom is -0.382 e. The monoisotopic (exact) mass is 196 g/mol. The predicted molar refractivity (Wildman–Crippen MR) is 56.0 cm³/mol. The van der Waals surface area contributed by atoms with Crippen molar-refractivity contribution in [3.8, 4) is 0 Å². The average molecular weight is 196 g/mol. The molecule has 5 heteroatoms.